The summed E-state index contributed by atoms with van der Waals surface area (Å²) in [6.45, 7) is 4.87. The highest BCUT2D eigenvalue weighted by Crippen LogP contribution is 2.16. The Labute approximate surface area is 95.5 Å². The molecule has 88 valence electrons. The summed E-state index contributed by atoms with van der Waals surface area (Å²) in [6, 6.07) is 1.90. The van der Waals surface area contributed by atoms with Gasteiger partial charge in [-0.3, -0.25) is 4.79 Å². The van der Waals surface area contributed by atoms with Crippen molar-refractivity contribution in [1.82, 2.24) is 9.78 Å². The highest BCUT2D eigenvalue weighted by molar-refractivity contribution is 5.22. The van der Waals surface area contributed by atoms with Crippen LogP contribution in [0.1, 0.15) is 31.5 Å². The fourth-order valence-corrected chi connectivity index (χ4v) is 2.14. The Balaban J connectivity index is 2.34. The molecule has 1 aliphatic rings. The van der Waals surface area contributed by atoms with Crippen LogP contribution in [0.2, 0.25) is 0 Å². The lowest BCUT2D eigenvalue weighted by molar-refractivity contribution is 0.445. The largest absolute Gasteiger partial charge is 0.327 e. The number of hydrogen-bond donors (Lipinski definition) is 1. The fourth-order valence-electron chi connectivity index (χ4n) is 2.14. The van der Waals surface area contributed by atoms with Gasteiger partial charge in [0.05, 0.1) is 5.69 Å². The highest BCUT2D eigenvalue weighted by atomic mass is 16.1. The smallest absolute Gasteiger partial charge is 0.267 e. The molecule has 0 spiro atoms. The third-order valence-corrected chi connectivity index (χ3v) is 2.94. The fraction of sp³-hybridized carbons (Fsp3) is 0.667. The van der Waals surface area contributed by atoms with E-state index in [2.05, 4.69) is 18.9 Å². The lowest BCUT2D eigenvalue weighted by atomic mass is 9.93. The van der Waals surface area contributed by atoms with Crippen LogP contribution in [0.25, 0.3) is 0 Å². The van der Waals surface area contributed by atoms with Crippen LogP contribution in [0.3, 0.4) is 0 Å². The SMILES string of the molecule is CC(C)Cn1nc2c(cc1=O)C[C@@H](N)CC2. The average Bonchev–Trinajstić information content (AvgIpc) is 2.19. The Hall–Kier alpha value is -1.16. The Morgan fingerprint density at radius 2 is 2.38 bits per heavy atom. The number of fused-ring (bicyclic) bond motifs is 1. The molecule has 4 nitrogen and oxygen atoms in total. The summed E-state index contributed by atoms with van der Waals surface area (Å²) < 4.78 is 1.58. The van der Waals surface area contributed by atoms with Gasteiger partial charge in [-0.15, -0.1) is 0 Å². The number of nitrogens with two attached hydrogens (primary N) is 1. The molecule has 0 unspecified atom stereocenters. The number of aromatic nitrogens is 2. The predicted octanol–water partition coefficient (Wildman–Crippen LogP) is 0.715. The second-order valence-electron chi connectivity index (χ2n) is 5.03. The molecule has 1 heterocycles. The third-order valence-electron chi connectivity index (χ3n) is 2.94. The minimum absolute atomic E-state index is 0.00144. The van der Waals surface area contributed by atoms with Gasteiger partial charge in [0.1, 0.15) is 0 Å². The van der Waals surface area contributed by atoms with Crippen LogP contribution in [0.5, 0.6) is 0 Å². The monoisotopic (exact) mass is 221 g/mol. The van der Waals surface area contributed by atoms with E-state index in [9.17, 15) is 4.79 Å². The summed E-state index contributed by atoms with van der Waals surface area (Å²) >= 11 is 0. The maximum Gasteiger partial charge on any atom is 0.267 e. The lowest BCUT2D eigenvalue weighted by Crippen LogP contribution is -2.33. The van der Waals surface area contributed by atoms with E-state index in [1.54, 1.807) is 10.7 Å². The van der Waals surface area contributed by atoms with Crippen LogP contribution in [0, 0.1) is 5.92 Å². The Kier molecular flexibility index (Phi) is 3.10. The standard InChI is InChI=1S/C12H19N3O/c1-8(2)7-15-12(16)6-9-5-10(13)3-4-11(9)14-15/h6,8,10H,3-5,7,13H2,1-2H3/t10-/m0/s1. The summed E-state index contributed by atoms with van der Waals surface area (Å²) in [6.07, 6.45) is 2.66. The lowest BCUT2D eigenvalue weighted by Gasteiger charge is -2.21. The molecule has 16 heavy (non-hydrogen) atoms. The summed E-state index contributed by atoms with van der Waals surface area (Å²) in [5, 5.41) is 4.44. The molecular formula is C12H19N3O. The van der Waals surface area contributed by atoms with Gasteiger partial charge in [-0.2, -0.15) is 5.10 Å². The van der Waals surface area contributed by atoms with Crippen LogP contribution in [0.15, 0.2) is 10.9 Å². The second kappa shape index (κ2) is 4.37. The van der Waals surface area contributed by atoms with Crippen molar-refractivity contribution < 1.29 is 0 Å². The molecule has 1 aliphatic carbocycles. The van der Waals surface area contributed by atoms with E-state index in [1.807, 2.05) is 0 Å². The quantitative estimate of drug-likeness (QED) is 0.800. The van der Waals surface area contributed by atoms with Gasteiger partial charge in [-0.25, -0.2) is 4.68 Å². The molecule has 0 fully saturated rings. The molecule has 2 N–H and O–H groups in total. The first-order chi connectivity index (χ1) is 7.56. The second-order valence-corrected chi connectivity index (χ2v) is 5.03. The van der Waals surface area contributed by atoms with Crippen LogP contribution < -0.4 is 11.3 Å². The zero-order valence-electron chi connectivity index (χ0n) is 9.94. The molecule has 0 saturated carbocycles. The topological polar surface area (TPSA) is 60.9 Å². The van der Waals surface area contributed by atoms with Gasteiger partial charge in [-0.05, 0) is 30.7 Å². The zero-order valence-corrected chi connectivity index (χ0v) is 9.94. The van der Waals surface area contributed by atoms with E-state index >= 15 is 0 Å². The molecule has 0 aromatic carbocycles. The van der Waals surface area contributed by atoms with Crippen molar-refractivity contribution in [2.24, 2.45) is 11.7 Å². The van der Waals surface area contributed by atoms with Crippen molar-refractivity contribution in [1.29, 1.82) is 0 Å². The molecule has 0 aliphatic heterocycles. The maximum atomic E-state index is 11.8. The highest BCUT2D eigenvalue weighted by Gasteiger charge is 2.18. The van der Waals surface area contributed by atoms with Crippen molar-refractivity contribution in [3.63, 3.8) is 0 Å². The van der Waals surface area contributed by atoms with Gasteiger partial charge in [0, 0.05) is 18.7 Å². The number of nitrogens with zero attached hydrogens (tertiary/aromatic N) is 2. The third kappa shape index (κ3) is 2.32. The van der Waals surface area contributed by atoms with Gasteiger partial charge in [-0.1, -0.05) is 13.8 Å². The Morgan fingerprint density at radius 1 is 1.62 bits per heavy atom. The number of hydrogen-bond acceptors (Lipinski definition) is 3. The number of rotatable bonds is 2. The van der Waals surface area contributed by atoms with Gasteiger partial charge in [0.2, 0.25) is 0 Å². The number of aryl methyl sites for hydroxylation is 1. The van der Waals surface area contributed by atoms with Gasteiger partial charge in [0.15, 0.2) is 0 Å². The van der Waals surface area contributed by atoms with Crippen LogP contribution in [-0.4, -0.2) is 15.8 Å². The van der Waals surface area contributed by atoms with Gasteiger partial charge >= 0.3 is 0 Å². The predicted molar refractivity (Wildman–Crippen MR) is 63.3 cm³/mol. The average molecular weight is 221 g/mol. The first-order valence-electron chi connectivity index (χ1n) is 5.91. The first-order valence-corrected chi connectivity index (χ1v) is 5.91. The van der Waals surface area contributed by atoms with E-state index < -0.39 is 0 Å². The Bertz CT molecular complexity index is 436. The van der Waals surface area contributed by atoms with Crippen molar-refractivity contribution in [3.05, 3.63) is 27.7 Å². The van der Waals surface area contributed by atoms with Crippen molar-refractivity contribution in [3.8, 4) is 0 Å². The van der Waals surface area contributed by atoms with Crippen molar-refractivity contribution in [2.75, 3.05) is 0 Å². The molecule has 0 radical (unpaired) electrons. The maximum absolute atomic E-state index is 11.8. The molecule has 4 heteroatoms. The van der Waals surface area contributed by atoms with Crippen LogP contribution in [0.4, 0.5) is 0 Å². The summed E-state index contributed by atoms with van der Waals surface area (Å²) in [5.74, 6) is 0.439. The molecular weight excluding hydrogens is 202 g/mol. The van der Waals surface area contributed by atoms with E-state index in [-0.39, 0.29) is 11.6 Å². The summed E-state index contributed by atoms with van der Waals surface area (Å²) in [7, 11) is 0. The van der Waals surface area contributed by atoms with E-state index in [0.717, 1.165) is 30.5 Å². The van der Waals surface area contributed by atoms with Gasteiger partial charge in [0.25, 0.3) is 5.56 Å². The van der Waals surface area contributed by atoms with Gasteiger partial charge < -0.3 is 5.73 Å². The molecule has 2 rings (SSSR count). The van der Waals surface area contributed by atoms with E-state index in [0.29, 0.717) is 12.5 Å². The normalized spacial score (nSPS) is 19.9. The summed E-state index contributed by atoms with van der Waals surface area (Å²) in [5.41, 5.74) is 7.99. The van der Waals surface area contributed by atoms with Crippen LogP contribution in [-0.2, 0) is 19.4 Å². The molecule has 1 aromatic heterocycles. The molecule has 0 amide bonds. The zero-order chi connectivity index (χ0) is 11.7. The van der Waals surface area contributed by atoms with Crippen molar-refractivity contribution in [2.45, 2.75) is 45.7 Å². The van der Waals surface area contributed by atoms with E-state index in [1.165, 1.54) is 0 Å². The van der Waals surface area contributed by atoms with E-state index in [4.69, 9.17) is 5.73 Å². The van der Waals surface area contributed by atoms with Crippen LogP contribution >= 0.6 is 0 Å². The first kappa shape index (κ1) is 11.3. The minimum Gasteiger partial charge on any atom is -0.327 e. The molecule has 1 aromatic rings. The van der Waals surface area contributed by atoms with Crippen molar-refractivity contribution >= 4 is 0 Å². The summed E-state index contributed by atoms with van der Waals surface area (Å²) in [4.78, 5) is 11.8. The molecule has 0 saturated heterocycles. The molecule has 0 bridgehead atoms. The molecule has 1 atom stereocenters. The minimum atomic E-state index is 0.00144. The Morgan fingerprint density at radius 3 is 3.06 bits per heavy atom.